The molecule has 0 spiro atoms. The minimum absolute atomic E-state index is 0.166. The van der Waals surface area contributed by atoms with E-state index in [0.29, 0.717) is 0 Å². The van der Waals surface area contributed by atoms with Crippen molar-refractivity contribution in [1.29, 1.82) is 0 Å². The molecule has 106 valence electrons. The molecule has 0 aromatic heterocycles. The van der Waals surface area contributed by atoms with Crippen molar-refractivity contribution < 1.29 is 33.3 Å². The van der Waals surface area contributed by atoms with Gasteiger partial charge in [-0.25, -0.2) is 14.4 Å². The van der Waals surface area contributed by atoms with E-state index in [-0.39, 0.29) is 19.0 Å². The van der Waals surface area contributed by atoms with Gasteiger partial charge in [-0.05, 0) is 20.8 Å². The molecule has 1 aliphatic rings. The number of cyclic esters (lactones) is 1. The van der Waals surface area contributed by atoms with Crippen LogP contribution in [-0.2, 0) is 33.3 Å². The molecule has 1 unspecified atom stereocenters. The van der Waals surface area contributed by atoms with Crippen LogP contribution in [0.5, 0.6) is 0 Å². The minimum Gasteiger partial charge on any atom is -0.475 e. The standard InChI is InChI=1S/C12H16O7/c1-4-16-9(13)7-18-8-6-12(3,19-10(8)14)11(15)17-5-2/h6H,4-5,7H2,1-3H3. The molecule has 0 N–H and O–H groups in total. The molecular formula is C12H16O7. The molecule has 0 saturated heterocycles. The number of hydrogen-bond acceptors (Lipinski definition) is 7. The summed E-state index contributed by atoms with van der Waals surface area (Å²) in [6, 6.07) is 0. The van der Waals surface area contributed by atoms with Crippen LogP contribution >= 0.6 is 0 Å². The summed E-state index contributed by atoms with van der Waals surface area (Å²) in [5.41, 5.74) is -1.52. The first kappa shape index (κ1) is 15.0. The quantitative estimate of drug-likeness (QED) is 0.508. The van der Waals surface area contributed by atoms with Crippen LogP contribution in [0.2, 0.25) is 0 Å². The van der Waals surface area contributed by atoms with E-state index in [4.69, 9.17) is 14.2 Å². The minimum atomic E-state index is -1.52. The highest BCUT2D eigenvalue weighted by Gasteiger charge is 2.45. The molecule has 0 aliphatic carbocycles. The van der Waals surface area contributed by atoms with E-state index in [0.717, 1.165) is 0 Å². The predicted molar refractivity (Wildman–Crippen MR) is 61.8 cm³/mol. The summed E-state index contributed by atoms with van der Waals surface area (Å²) >= 11 is 0. The van der Waals surface area contributed by atoms with Gasteiger partial charge in [-0.2, -0.15) is 0 Å². The van der Waals surface area contributed by atoms with E-state index in [2.05, 4.69) is 4.74 Å². The maximum Gasteiger partial charge on any atom is 0.374 e. The lowest BCUT2D eigenvalue weighted by Crippen LogP contribution is -2.36. The lowest BCUT2D eigenvalue weighted by Gasteiger charge is -2.17. The zero-order valence-corrected chi connectivity index (χ0v) is 11.1. The SMILES string of the molecule is CCOC(=O)COC1=CC(C)(C(=O)OCC)OC1=O. The highest BCUT2D eigenvalue weighted by atomic mass is 16.6. The maximum atomic E-state index is 11.6. The molecule has 7 heteroatoms. The summed E-state index contributed by atoms with van der Waals surface area (Å²) in [4.78, 5) is 34.2. The zero-order valence-electron chi connectivity index (χ0n) is 11.1. The molecule has 0 saturated carbocycles. The highest BCUT2D eigenvalue weighted by molar-refractivity contribution is 5.96. The molecule has 0 aromatic carbocycles. The van der Waals surface area contributed by atoms with Crippen molar-refractivity contribution in [3.8, 4) is 0 Å². The zero-order chi connectivity index (χ0) is 14.5. The molecule has 1 aliphatic heterocycles. The lowest BCUT2D eigenvalue weighted by molar-refractivity contribution is -0.170. The Kier molecular flexibility index (Phi) is 4.91. The second-order valence-electron chi connectivity index (χ2n) is 3.82. The Morgan fingerprint density at radius 2 is 1.89 bits per heavy atom. The lowest BCUT2D eigenvalue weighted by atomic mass is 10.1. The van der Waals surface area contributed by atoms with Crippen molar-refractivity contribution >= 4 is 17.9 Å². The van der Waals surface area contributed by atoms with Gasteiger partial charge in [0.1, 0.15) is 0 Å². The molecule has 1 atom stereocenters. The Bertz CT molecular complexity index is 412. The van der Waals surface area contributed by atoms with Gasteiger partial charge >= 0.3 is 17.9 Å². The molecule has 0 fully saturated rings. The van der Waals surface area contributed by atoms with E-state index in [9.17, 15) is 14.4 Å². The fourth-order valence-electron chi connectivity index (χ4n) is 1.40. The molecule has 0 bridgehead atoms. The number of hydrogen-bond donors (Lipinski definition) is 0. The van der Waals surface area contributed by atoms with Crippen LogP contribution in [0.15, 0.2) is 11.8 Å². The molecule has 1 rings (SSSR count). The highest BCUT2D eigenvalue weighted by Crippen LogP contribution is 2.26. The van der Waals surface area contributed by atoms with Crippen molar-refractivity contribution in [2.45, 2.75) is 26.4 Å². The number of carbonyl (C=O) groups excluding carboxylic acids is 3. The van der Waals surface area contributed by atoms with Crippen molar-refractivity contribution in [2.75, 3.05) is 19.8 Å². The van der Waals surface area contributed by atoms with E-state index >= 15 is 0 Å². The van der Waals surface area contributed by atoms with E-state index in [1.165, 1.54) is 13.0 Å². The van der Waals surface area contributed by atoms with Crippen LogP contribution in [0.4, 0.5) is 0 Å². The first-order chi connectivity index (χ1) is 8.92. The van der Waals surface area contributed by atoms with Crippen molar-refractivity contribution in [3.63, 3.8) is 0 Å². The summed E-state index contributed by atoms with van der Waals surface area (Å²) < 4.78 is 19.3. The Morgan fingerprint density at radius 1 is 1.26 bits per heavy atom. The average Bonchev–Trinajstić information content (AvgIpc) is 2.64. The maximum absolute atomic E-state index is 11.6. The number of carbonyl (C=O) groups is 3. The fourth-order valence-corrected chi connectivity index (χ4v) is 1.40. The molecule has 0 radical (unpaired) electrons. The number of esters is 3. The Labute approximate surface area is 110 Å². The Morgan fingerprint density at radius 3 is 2.47 bits per heavy atom. The summed E-state index contributed by atoms with van der Waals surface area (Å²) in [7, 11) is 0. The van der Waals surface area contributed by atoms with Crippen LogP contribution in [0.3, 0.4) is 0 Å². The monoisotopic (exact) mass is 272 g/mol. The van der Waals surface area contributed by atoms with Gasteiger partial charge in [-0.1, -0.05) is 0 Å². The predicted octanol–water partition coefficient (Wildman–Crippen LogP) is 0.329. The van der Waals surface area contributed by atoms with Crippen molar-refractivity contribution in [2.24, 2.45) is 0 Å². The van der Waals surface area contributed by atoms with Crippen molar-refractivity contribution in [3.05, 3.63) is 11.8 Å². The first-order valence-electron chi connectivity index (χ1n) is 5.84. The van der Waals surface area contributed by atoms with Gasteiger partial charge in [0, 0.05) is 6.08 Å². The van der Waals surface area contributed by atoms with E-state index in [1.54, 1.807) is 13.8 Å². The Hall–Kier alpha value is -2.05. The molecule has 19 heavy (non-hydrogen) atoms. The third kappa shape index (κ3) is 3.70. The largest absolute Gasteiger partial charge is 0.475 e. The molecule has 0 amide bonds. The van der Waals surface area contributed by atoms with E-state index in [1.807, 2.05) is 0 Å². The van der Waals surface area contributed by atoms with Crippen LogP contribution in [0.1, 0.15) is 20.8 Å². The van der Waals surface area contributed by atoms with Crippen molar-refractivity contribution in [1.82, 2.24) is 0 Å². The second-order valence-corrected chi connectivity index (χ2v) is 3.82. The molecular weight excluding hydrogens is 256 g/mol. The molecule has 7 nitrogen and oxygen atoms in total. The van der Waals surface area contributed by atoms with Crippen LogP contribution in [-0.4, -0.2) is 43.3 Å². The fraction of sp³-hybridized carbons (Fsp3) is 0.583. The molecule has 1 heterocycles. The van der Waals surface area contributed by atoms with Gasteiger partial charge in [0.05, 0.1) is 13.2 Å². The van der Waals surface area contributed by atoms with E-state index < -0.39 is 30.1 Å². The van der Waals surface area contributed by atoms with Gasteiger partial charge in [0.2, 0.25) is 11.4 Å². The first-order valence-corrected chi connectivity index (χ1v) is 5.84. The van der Waals surface area contributed by atoms with Crippen LogP contribution in [0.25, 0.3) is 0 Å². The van der Waals surface area contributed by atoms with Gasteiger partial charge in [0.25, 0.3) is 0 Å². The summed E-state index contributed by atoms with van der Waals surface area (Å²) in [6.45, 7) is 4.63. The molecule has 0 aromatic rings. The average molecular weight is 272 g/mol. The number of ether oxygens (including phenoxy) is 4. The summed E-state index contributed by atoms with van der Waals surface area (Å²) in [5.74, 6) is -2.33. The van der Waals surface area contributed by atoms with Gasteiger partial charge in [-0.15, -0.1) is 0 Å². The summed E-state index contributed by atoms with van der Waals surface area (Å²) in [6.07, 6.45) is 1.19. The Balaban J connectivity index is 2.66. The van der Waals surface area contributed by atoms with Gasteiger partial charge in [-0.3, -0.25) is 0 Å². The van der Waals surface area contributed by atoms with Crippen LogP contribution < -0.4 is 0 Å². The van der Waals surface area contributed by atoms with Gasteiger partial charge < -0.3 is 18.9 Å². The van der Waals surface area contributed by atoms with Gasteiger partial charge in [0.15, 0.2) is 6.61 Å². The number of rotatable bonds is 6. The van der Waals surface area contributed by atoms with Crippen LogP contribution in [0, 0.1) is 0 Å². The summed E-state index contributed by atoms with van der Waals surface area (Å²) in [5, 5.41) is 0. The normalized spacial score (nSPS) is 21.4. The smallest absolute Gasteiger partial charge is 0.374 e. The topological polar surface area (TPSA) is 88.1 Å². The second kappa shape index (κ2) is 6.21. The third-order valence-electron chi connectivity index (χ3n) is 2.24. The third-order valence-corrected chi connectivity index (χ3v) is 2.24.